The molecule has 0 fully saturated rings. The third-order valence-electron chi connectivity index (χ3n) is 4.67. The van der Waals surface area contributed by atoms with Crippen LogP contribution in [0.5, 0.6) is 5.75 Å². The summed E-state index contributed by atoms with van der Waals surface area (Å²) in [5.41, 5.74) is 4.78. The van der Waals surface area contributed by atoms with Gasteiger partial charge in [-0.1, -0.05) is 44.2 Å². The van der Waals surface area contributed by atoms with Crippen LogP contribution in [0.1, 0.15) is 55.5 Å². The summed E-state index contributed by atoms with van der Waals surface area (Å²) in [6, 6.07) is 14.3. The van der Waals surface area contributed by atoms with E-state index in [0.717, 1.165) is 23.3 Å². The van der Waals surface area contributed by atoms with Gasteiger partial charge in [-0.2, -0.15) is 0 Å². The second-order valence-corrected chi connectivity index (χ2v) is 6.59. The number of hydrogen-bond acceptors (Lipinski definition) is 2. The van der Waals surface area contributed by atoms with Crippen LogP contribution in [0.25, 0.3) is 0 Å². The maximum absolute atomic E-state index is 12.6. The van der Waals surface area contributed by atoms with Gasteiger partial charge in [-0.3, -0.25) is 4.79 Å². The smallest absolute Gasteiger partial charge is 0.261 e. The van der Waals surface area contributed by atoms with Crippen LogP contribution < -0.4 is 10.1 Å². The minimum atomic E-state index is -0.487. The minimum absolute atomic E-state index is 0.0455. The summed E-state index contributed by atoms with van der Waals surface area (Å²) >= 11 is 0. The Hall–Kier alpha value is -2.29. The molecule has 0 aliphatic rings. The molecule has 0 aliphatic carbocycles. The van der Waals surface area contributed by atoms with E-state index in [0.29, 0.717) is 6.42 Å². The van der Waals surface area contributed by atoms with Gasteiger partial charge >= 0.3 is 0 Å². The van der Waals surface area contributed by atoms with E-state index in [9.17, 15) is 4.79 Å². The molecular weight excluding hydrogens is 310 g/mol. The second kappa shape index (κ2) is 8.70. The van der Waals surface area contributed by atoms with Crippen LogP contribution in [-0.4, -0.2) is 12.0 Å². The Labute approximate surface area is 151 Å². The molecule has 2 rings (SSSR count). The van der Waals surface area contributed by atoms with Crippen LogP contribution in [0.4, 0.5) is 0 Å². The first-order chi connectivity index (χ1) is 11.9. The molecule has 2 aromatic carbocycles. The van der Waals surface area contributed by atoms with Crippen LogP contribution in [0.15, 0.2) is 42.5 Å². The minimum Gasteiger partial charge on any atom is -0.481 e. The normalized spacial score (nSPS) is 13.2. The maximum atomic E-state index is 12.6. The largest absolute Gasteiger partial charge is 0.481 e. The van der Waals surface area contributed by atoms with Crippen LogP contribution in [-0.2, 0) is 11.2 Å². The van der Waals surface area contributed by atoms with Crippen LogP contribution in [0, 0.1) is 13.8 Å². The second-order valence-electron chi connectivity index (χ2n) is 6.59. The molecule has 1 N–H and O–H groups in total. The zero-order valence-electron chi connectivity index (χ0n) is 15.9. The summed E-state index contributed by atoms with van der Waals surface area (Å²) < 4.78 is 5.92. The molecule has 0 radical (unpaired) electrons. The summed E-state index contributed by atoms with van der Waals surface area (Å²) in [6.07, 6.45) is 1.16. The van der Waals surface area contributed by atoms with Gasteiger partial charge in [0.05, 0.1) is 6.04 Å². The molecule has 3 heteroatoms. The van der Waals surface area contributed by atoms with Gasteiger partial charge in [0.2, 0.25) is 0 Å². The third-order valence-corrected chi connectivity index (χ3v) is 4.67. The number of amides is 1. The average molecular weight is 339 g/mol. The molecule has 25 heavy (non-hydrogen) atoms. The van der Waals surface area contributed by atoms with Gasteiger partial charge in [0.1, 0.15) is 5.75 Å². The number of carbonyl (C=O) groups is 1. The molecule has 2 aromatic rings. The SMILES string of the molecule is CCc1ccc([C@@H](C)NC(=O)[C@@H](CC)Oc2ccc(C)c(C)c2)cc1. The van der Waals surface area contributed by atoms with E-state index in [-0.39, 0.29) is 11.9 Å². The molecule has 0 saturated heterocycles. The van der Waals surface area contributed by atoms with Crippen molar-refractivity contribution in [1.82, 2.24) is 5.32 Å². The van der Waals surface area contributed by atoms with Crippen LogP contribution in [0.2, 0.25) is 0 Å². The van der Waals surface area contributed by atoms with Crippen molar-refractivity contribution in [1.29, 1.82) is 0 Å². The summed E-state index contributed by atoms with van der Waals surface area (Å²) in [5.74, 6) is 0.665. The van der Waals surface area contributed by atoms with Gasteiger partial charge in [0, 0.05) is 0 Å². The molecular formula is C22H29NO2. The van der Waals surface area contributed by atoms with Crippen molar-refractivity contribution in [3.05, 3.63) is 64.7 Å². The molecule has 1 amide bonds. The first kappa shape index (κ1) is 19.0. The van der Waals surface area contributed by atoms with E-state index >= 15 is 0 Å². The lowest BCUT2D eigenvalue weighted by Gasteiger charge is -2.21. The summed E-state index contributed by atoms with van der Waals surface area (Å²) in [6.45, 7) is 10.2. The summed E-state index contributed by atoms with van der Waals surface area (Å²) in [5, 5.41) is 3.07. The fourth-order valence-electron chi connectivity index (χ4n) is 2.71. The van der Waals surface area contributed by atoms with Gasteiger partial charge in [0.15, 0.2) is 6.10 Å². The summed E-state index contributed by atoms with van der Waals surface area (Å²) in [4.78, 5) is 12.6. The number of carbonyl (C=O) groups excluding carboxylic acids is 1. The zero-order chi connectivity index (χ0) is 18.4. The lowest BCUT2D eigenvalue weighted by Crippen LogP contribution is -2.39. The highest BCUT2D eigenvalue weighted by molar-refractivity contribution is 5.81. The number of ether oxygens (including phenoxy) is 1. The van der Waals surface area contributed by atoms with Gasteiger partial charge < -0.3 is 10.1 Å². The quantitative estimate of drug-likeness (QED) is 0.779. The fraction of sp³-hybridized carbons (Fsp3) is 0.409. The Kier molecular flexibility index (Phi) is 6.63. The Morgan fingerprint density at radius 3 is 2.28 bits per heavy atom. The molecule has 0 spiro atoms. The lowest BCUT2D eigenvalue weighted by molar-refractivity contribution is -0.128. The molecule has 134 valence electrons. The Morgan fingerprint density at radius 2 is 1.72 bits per heavy atom. The number of rotatable bonds is 7. The van der Waals surface area contributed by atoms with Crippen molar-refractivity contribution in [3.8, 4) is 5.75 Å². The predicted molar refractivity (Wildman–Crippen MR) is 103 cm³/mol. The first-order valence-corrected chi connectivity index (χ1v) is 9.07. The van der Waals surface area contributed by atoms with Crippen molar-refractivity contribution >= 4 is 5.91 Å². The molecule has 0 aliphatic heterocycles. The molecule has 0 heterocycles. The molecule has 0 unspecified atom stereocenters. The molecule has 2 atom stereocenters. The van der Waals surface area contributed by atoms with E-state index in [1.165, 1.54) is 11.1 Å². The standard InChI is InChI=1S/C22H29NO2/c1-6-18-9-11-19(12-10-18)17(5)23-22(24)21(7-2)25-20-13-8-15(3)16(4)14-20/h8-14,17,21H,6-7H2,1-5H3,(H,23,24)/t17-,21-/m1/s1. The Bertz CT molecular complexity index is 706. The maximum Gasteiger partial charge on any atom is 0.261 e. The van der Waals surface area contributed by atoms with Crippen molar-refractivity contribution < 1.29 is 9.53 Å². The first-order valence-electron chi connectivity index (χ1n) is 9.07. The van der Waals surface area contributed by atoms with Crippen LogP contribution in [0.3, 0.4) is 0 Å². The van der Waals surface area contributed by atoms with E-state index in [4.69, 9.17) is 4.74 Å². The highest BCUT2D eigenvalue weighted by Crippen LogP contribution is 2.19. The van der Waals surface area contributed by atoms with Crippen molar-refractivity contribution in [3.63, 3.8) is 0 Å². The Balaban J connectivity index is 2.01. The molecule has 0 bridgehead atoms. The van der Waals surface area contributed by atoms with E-state index in [2.05, 4.69) is 43.4 Å². The van der Waals surface area contributed by atoms with E-state index in [1.54, 1.807) is 0 Å². The van der Waals surface area contributed by atoms with Crippen molar-refractivity contribution in [2.45, 2.75) is 59.6 Å². The lowest BCUT2D eigenvalue weighted by atomic mass is 10.0. The number of aryl methyl sites for hydroxylation is 3. The number of benzene rings is 2. The third kappa shape index (κ3) is 5.09. The topological polar surface area (TPSA) is 38.3 Å². The summed E-state index contributed by atoms with van der Waals surface area (Å²) in [7, 11) is 0. The molecule has 0 aromatic heterocycles. The molecule has 3 nitrogen and oxygen atoms in total. The highest BCUT2D eigenvalue weighted by atomic mass is 16.5. The van der Waals surface area contributed by atoms with Gasteiger partial charge in [-0.05, 0) is 68.0 Å². The van der Waals surface area contributed by atoms with E-state index < -0.39 is 6.10 Å². The van der Waals surface area contributed by atoms with Crippen molar-refractivity contribution in [2.24, 2.45) is 0 Å². The van der Waals surface area contributed by atoms with Gasteiger partial charge in [-0.25, -0.2) is 0 Å². The average Bonchev–Trinajstić information content (AvgIpc) is 2.62. The Morgan fingerprint density at radius 1 is 1.04 bits per heavy atom. The number of hydrogen-bond donors (Lipinski definition) is 1. The van der Waals surface area contributed by atoms with Gasteiger partial charge in [-0.15, -0.1) is 0 Å². The van der Waals surface area contributed by atoms with Gasteiger partial charge in [0.25, 0.3) is 5.91 Å². The number of nitrogens with one attached hydrogen (secondary N) is 1. The van der Waals surface area contributed by atoms with E-state index in [1.807, 2.05) is 39.0 Å². The molecule has 0 saturated carbocycles. The van der Waals surface area contributed by atoms with Crippen molar-refractivity contribution in [2.75, 3.05) is 0 Å². The monoisotopic (exact) mass is 339 g/mol. The fourth-order valence-corrected chi connectivity index (χ4v) is 2.71. The van der Waals surface area contributed by atoms with Crippen LogP contribution >= 0.6 is 0 Å². The zero-order valence-corrected chi connectivity index (χ0v) is 15.9. The highest BCUT2D eigenvalue weighted by Gasteiger charge is 2.20. The predicted octanol–water partition coefficient (Wildman–Crippen LogP) is 4.90.